The second kappa shape index (κ2) is 10.7. The predicted molar refractivity (Wildman–Crippen MR) is 69.5 cm³/mol. The van der Waals surface area contributed by atoms with Gasteiger partial charge < -0.3 is 9.64 Å². The van der Waals surface area contributed by atoms with Crippen LogP contribution in [0.5, 0.6) is 0 Å². The molecule has 0 aliphatic heterocycles. The van der Waals surface area contributed by atoms with Gasteiger partial charge in [-0.25, -0.2) is 0 Å². The first kappa shape index (κ1) is 17.6. The number of hydrogen-bond acceptors (Lipinski definition) is 3. The van der Waals surface area contributed by atoms with Crippen molar-refractivity contribution in [3.05, 3.63) is 11.3 Å². The smallest absolute Gasteiger partial charge is 0.161 e. The van der Waals surface area contributed by atoms with Gasteiger partial charge in [-0.2, -0.15) is 0 Å². The number of methoxy groups -OCH3 is 1. The van der Waals surface area contributed by atoms with Crippen LogP contribution in [-0.4, -0.2) is 38.4 Å². The van der Waals surface area contributed by atoms with Gasteiger partial charge in [0.25, 0.3) is 0 Å². The summed E-state index contributed by atoms with van der Waals surface area (Å²) in [7, 11) is 5.60. The zero-order chi connectivity index (χ0) is 13.1. The number of nitrogens with zero attached hydrogens (tertiary/aromatic N) is 1. The van der Waals surface area contributed by atoms with E-state index in [2.05, 4.69) is 4.90 Å². The minimum atomic E-state index is 0.186. The molecular formula is C13H27NO2. The quantitative estimate of drug-likeness (QED) is 0.518. The van der Waals surface area contributed by atoms with Crippen molar-refractivity contribution < 1.29 is 9.53 Å². The molecule has 0 aliphatic carbocycles. The number of allylic oxidation sites excluding steroid dienone is 1. The molecule has 0 N–H and O–H groups in total. The predicted octanol–water partition coefficient (Wildman–Crippen LogP) is 2.86. The summed E-state index contributed by atoms with van der Waals surface area (Å²) in [6.45, 7) is 8.60. The minimum absolute atomic E-state index is 0.186. The van der Waals surface area contributed by atoms with Gasteiger partial charge in [-0.3, -0.25) is 4.79 Å². The Morgan fingerprint density at radius 3 is 2.06 bits per heavy atom. The molecule has 0 aromatic rings. The molecule has 0 aromatic heterocycles. The molecule has 0 bridgehead atoms. The van der Waals surface area contributed by atoms with Crippen LogP contribution < -0.4 is 0 Å². The van der Waals surface area contributed by atoms with Crippen LogP contribution in [0.1, 0.15) is 40.5 Å². The maximum Gasteiger partial charge on any atom is 0.161 e. The first-order chi connectivity index (χ1) is 7.52. The van der Waals surface area contributed by atoms with Crippen LogP contribution in [0.4, 0.5) is 0 Å². The van der Waals surface area contributed by atoms with Crippen molar-refractivity contribution in [2.24, 2.45) is 0 Å². The van der Waals surface area contributed by atoms with E-state index in [4.69, 9.17) is 4.74 Å². The van der Waals surface area contributed by atoms with Crippen LogP contribution in [0.3, 0.4) is 0 Å². The molecule has 0 amide bonds. The van der Waals surface area contributed by atoms with Crippen molar-refractivity contribution in [1.29, 1.82) is 0 Å². The molecule has 96 valence electrons. The summed E-state index contributed by atoms with van der Waals surface area (Å²) < 4.78 is 5.11. The number of hydrogen-bond donors (Lipinski definition) is 0. The fraction of sp³-hybridized carbons (Fsp3) is 0.769. The monoisotopic (exact) mass is 229 g/mol. The van der Waals surface area contributed by atoms with Gasteiger partial charge in [0.1, 0.15) is 0 Å². The summed E-state index contributed by atoms with van der Waals surface area (Å²) in [4.78, 5) is 13.6. The average molecular weight is 229 g/mol. The number of rotatable bonds is 6. The van der Waals surface area contributed by atoms with Gasteiger partial charge >= 0.3 is 0 Å². The summed E-state index contributed by atoms with van der Waals surface area (Å²) in [6, 6.07) is 0. The summed E-state index contributed by atoms with van der Waals surface area (Å²) in [5, 5.41) is 0. The van der Waals surface area contributed by atoms with Gasteiger partial charge in [0.15, 0.2) is 5.78 Å². The minimum Gasteiger partial charge on any atom is -0.501 e. The van der Waals surface area contributed by atoms with E-state index in [9.17, 15) is 4.79 Å². The second-order valence-corrected chi connectivity index (χ2v) is 3.57. The Labute approximate surface area is 100 Å². The summed E-state index contributed by atoms with van der Waals surface area (Å²) in [6.07, 6.45) is 1.31. The van der Waals surface area contributed by atoms with Crippen molar-refractivity contribution in [3.63, 3.8) is 0 Å². The lowest BCUT2D eigenvalue weighted by molar-refractivity contribution is -0.115. The van der Waals surface area contributed by atoms with Gasteiger partial charge in [-0.1, -0.05) is 20.8 Å². The van der Waals surface area contributed by atoms with E-state index in [1.165, 1.54) is 0 Å². The Balaban J connectivity index is 0. The highest BCUT2D eigenvalue weighted by molar-refractivity contribution is 5.95. The molecule has 0 saturated heterocycles. The van der Waals surface area contributed by atoms with Crippen molar-refractivity contribution in [2.45, 2.75) is 40.5 Å². The maximum absolute atomic E-state index is 11.6. The standard InChI is InChI=1S/C11H21NO2.C2H6/c1-6-11(13)10(9(2)14-5)7-8-12(3)4;1-2/h6-8H2,1-5H3;1-2H3/b10-9-;. The summed E-state index contributed by atoms with van der Waals surface area (Å²) >= 11 is 0. The van der Waals surface area contributed by atoms with Crippen LogP contribution in [0.15, 0.2) is 11.3 Å². The van der Waals surface area contributed by atoms with Gasteiger partial charge in [0, 0.05) is 18.5 Å². The zero-order valence-corrected chi connectivity index (χ0v) is 11.9. The van der Waals surface area contributed by atoms with E-state index in [0.717, 1.165) is 24.3 Å². The highest BCUT2D eigenvalue weighted by Crippen LogP contribution is 2.12. The Kier molecular flexibility index (Phi) is 11.7. The molecule has 0 atom stereocenters. The molecule has 0 rings (SSSR count). The van der Waals surface area contributed by atoms with E-state index in [0.29, 0.717) is 6.42 Å². The number of Topliss-reactive ketones (excluding diaryl/α,β-unsaturated/α-hetero) is 1. The van der Waals surface area contributed by atoms with E-state index in [1.54, 1.807) is 7.11 Å². The second-order valence-electron chi connectivity index (χ2n) is 3.57. The van der Waals surface area contributed by atoms with Crippen molar-refractivity contribution in [3.8, 4) is 0 Å². The summed E-state index contributed by atoms with van der Waals surface area (Å²) in [5.74, 6) is 0.935. The third-order valence-corrected chi connectivity index (χ3v) is 2.20. The molecule has 0 spiro atoms. The van der Waals surface area contributed by atoms with Gasteiger partial charge in [0.2, 0.25) is 0 Å². The van der Waals surface area contributed by atoms with E-state index in [1.807, 2.05) is 41.8 Å². The van der Waals surface area contributed by atoms with Crippen LogP contribution in [-0.2, 0) is 9.53 Å². The SMILES string of the molecule is CC.CCC(=O)/C(CCN(C)C)=C(/C)OC. The topological polar surface area (TPSA) is 29.5 Å². The van der Waals surface area contributed by atoms with E-state index >= 15 is 0 Å². The lowest BCUT2D eigenvalue weighted by Crippen LogP contribution is -2.16. The lowest BCUT2D eigenvalue weighted by atomic mass is 10.0. The molecule has 0 saturated carbocycles. The van der Waals surface area contributed by atoms with Crippen LogP contribution >= 0.6 is 0 Å². The third kappa shape index (κ3) is 7.46. The van der Waals surface area contributed by atoms with Crippen LogP contribution in [0.2, 0.25) is 0 Å². The fourth-order valence-electron chi connectivity index (χ4n) is 1.18. The third-order valence-electron chi connectivity index (χ3n) is 2.20. The molecule has 0 aliphatic rings. The largest absolute Gasteiger partial charge is 0.501 e. The highest BCUT2D eigenvalue weighted by atomic mass is 16.5. The van der Waals surface area contributed by atoms with Gasteiger partial charge in [0.05, 0.1) is 12.9 Å². The molecule has 0 radical (unpaired) electrons. The first-order valence-corrected chi connectivity index (χ1v) is 5.94. The Morgan fingerprint density at radius 1 is 1.25 bits per heavy atom. The molecular weight excluding hydrogens is 202 g/mol. The highest BCUT2D eigenvalue weighted by Gasteiger charge is 2.11. The number of ketones is 1. The zero-order valence-electron chi connectivity index (χ0n) is 11.9. The van der Waals surface area contributed by atoms with Crippen LogP contribution in [0.25, 0.3) is 0 Å². The Bertz CT molecular complexity index is 220. The van der Waals surface area contributed by atoms with E-state index in [-0.39, 0.29) is 5.78 Å². The van der Waals surface area contributed by atoms with Gasteiger partial charge in [-0.15, -0.1) is 0 Å². The molecule has 3 nitrogen and oxygen atoms in total. The molecule has 0 heterocycles. The number of carbonyl (C=O) groups is 1. The van der Waals surface area contributed by atoms with Crippen molar-refractivity contribution >= 4 is 5.78 Å². The Hall–Kier alpha value is -0.830. The van der Waals surface area contributed by atoms with Crippen molar-refractivity contribution in [2.75, 3.05) is 27.7 Å². The molecule has 3 heteroatoms. The van der Waals surface area contributed by atoms with Gasteiger partial charge in [-0.05, 0) is 27.4 Å². The number of ether oxygens (including phenoxy) is 1. The molecule has 0 unspecified atom stereocenters. The summed E-state index contributed by atoms with van der Waals surface area (Å²) in [5.41, 5.74) is 0.823. The molecule has 0 fully saturated rings. The van der Waals surface area contributed by atoms with Crippen LogP contribution in [0, 0.1) is 0 Å². The van der Waals surface area contributed by atoms with Crippen molar-refractivity contribution in [1.82, 2.24) is 4.90 Å². The van der Waals surface area contributed by atoms with E-state index < -0.39 is 0 Å². The Morgan fingerprint density at radius 2 is 1.75 bits per heavy atom. The normalized spacial score (nSPS) is 11.5. The average Bonchev–Trinajstić information content (AvgIpc) is 2.30. The molecule has 16 heavy (non-hydrogen) atoms. The number of carbonyl (C=O) groups excluding carboxylic acids is 1. The fourth-order valence-corrected chi connectivity index (χ4v) is 1.18. The maximum atomic E-state index is 11.6. The lowest BCUT2D eigenvalue weighted by Gasteiger charge is -2.13. The molecule has 0 aromatic carbocycles. The first-order valence-electron chi connectivity index (χ1n) is 5.94.